The van der Waals surface area contributed by atoms with Crippen LogP contribution in [0.5, 0.6) is 0 Å². The van der Waals surface area contributed by atoms with E-state index in [9.17, 15) is 4.79 Å². The molecule has 2 N–H and O–H groups in total. The Kier molecular flexibility index (Phi) is 4.92. The van der Waals surface area contributed by atoms with E-state index >= 15 is 0 Å². The summed E-state index contributed by atoms with van der Waals surface area (Å²) < 4.78 is 7.12. The van der Waals surface area contributed by atoms with Crippen LogP contribution in [-0.2, 0) is 11.3 Å². The largest absolute Gasteiger partial charge is 0.454 e. The van der Waals surface area contributed by atoms with Gasteiger partial charge in [-0.15, -0.1) is 0 Å². The Bertz CT molecular complexity index is 588. The van der Waals surface area contributed by atoms with Crippen molar-refractivity contribution in [3.8, 4) is 0 Å². The molecule has 0 saturated heterocycles. The van der Waals surface area contributed by atoms with Crippen LogP contribution in [0.4, 0.5) is 5.69 Å². The second-order valence-corrected chi connectivity index (χ2v) is 4.81. The molecule has 0 amide bonds. The summed E-state index contributed by atoms with van der Waals surface area (Å²) in [5.41, 5.74) is 7.00. The third-order valence-electron chi connectivity index (χ3n) is 3.33. The zero-order chi connectivity index (χ0) is 15.2. The number of rotatable bonds is 6. The van der Waals surface area contributed by atoms with E-state index in [1.165, 1.54) is 6.20 Å². The standard InChI is InChI=1S/C15H20N4O2/c1-3-13(4-2)19-8-7-12(18-19)10-21-15(20)14-6-5-11(16)9-17-14/h5-9,13H,3-4,10,16H2,1-2H3. The van der Waals surface area contributed by atoms with Gasteiger partial charge in [-0.3, -0.25) is 4.68 Å². The lowest BCUT2D eigenvalue weighted by atomic mass is 10.2. The van der Waals surface area contributed by atoms with Crippen molar-refractivity contribution in [2.24, 2.45) is 0 Å². The number of ether oxygens (including phenoxy) is 1. The van der Waals surface area contributed by atoms with Crippen molar-refractivity contribution in [3.63, 3.8) is 0 Å². The fourth-order valence-electron chi connectivity index (χ4n) is 2.06. The van der Waals surface area contributed by atoms with Gasteiger partial charge < -0.3 is 10.5 Å². The Balaban J connectivity index is 1.94. The van der Waals surface area contributed by atoms with E-state index in [2.05, 4.69) is 23.9 Å². The van der Waals surface area contributed by atoms with E-state index in [0.717, 1.165) is 18.5 Å². The molecule has 0 aliphatic rings. The summed E-state index contributed by atoms with van der Waals surface area (Å²) in [5, 5.41) is 4.43. The molecular weight excluding hydrogens is 268 g/mol. The molecule has 0 saturated carbocycles. The van der Waals surface area contributed by atoms with E-state index in [-0.39, 0.29) is 12.3 Å². The minimum Gasteiger partial charge on any atom is -0.454 e. The van der Waals surface area contributed by atoms with Gasteiger partial charge in [0.1, 0.15) is 12.3 Å². The molecule has 0 aliphatic carbocycles. The van der Waals surface area contributed by atoms with Gasteiger partial charge in [0.2, 0.25) is 0 Å². The number of anilines is 1. The molecule has 112 valence electrons. The van der Waals surface area contributed by atoms with Crippen molar-refractivity contribution >= 4 is 11.7 Å². The second-order valence-electron chi connectivity index (χ2n) is 4.81. The zero-order valence-electron chi connectivity index (χ0n) is 12.3. The number of hydrogen-bond acceptors (Lipinski definition) is 5. The average Bonchev–Trinajstić information content (AvgIpc) is 2.96. The van der Waals surface area contributed by atoms with Crippen LogP contribution in [0.2, 0.25) is 0 Å². The van der Waals surface area contributed by atoms with Gasteiger partial charge in [-0.05, 0) is 31.0 Å². The Morgan fingerprint density at radius 1 is 1.33 bits per heavy atom. The molecule has 0 spiro atoms. The predicted octanol–water partition coefficient (Wildman–Crippen LogP) is 2.58. The van der Waals surface area contributed by atoms with Gasteiger partial charge in [0.25, 0.3) is 0 Å². The highest BCUT2D eigenvalue weighted by Crippen LogP contribution is 2.15. The van der Waals surface area contributed by atoms with Crippen molar-refractivity contribution in [2.45, 2.75) is 39.3 Å². The fraction of sp³-hybridized carbons (Fsp3) is 0.400. The van der Waals surface area contributed by atoms with Gasteiger partial charge in [-0.25, -0.2) is 9.78 Å². The van der Waals surface area contributed by atoms with E-state index in [4.69, 9.17) is 10.5 Å². The first kappa shape index (κ1) is 15.0. The minimum absolute atomic E-state index is 0.137. The number of hydrogen-bond donors (Lipinski definition) is 1. The Morgan fingerprint density at radius 2 is 2.10 bits per heavy atom. The molecule has 6 heteroatoms. The highest BCUT2D eigenvalue weighted by Gasteiger charge is 2.11. The number of nitrogens with zero attached hydrogens (tertiary/aromatic N) is 3. The van der Waals surface area contributed by atoms with E-state index in [1.807, 2.05) is 16.9 Å². The van der Waals surface area contributed by atoms with E-state index < -0.39 is 5.97 Å². The number of carbonyl (C=O) groups is 1. The second kappa shape index (κ2) is 6.88. The Hall–Kier alpha value is -2.37. The van der Waals surface area contributed by atoms with Gasteiger partial charge in [-0.1, -0.05) is 13.8 Å². The number of nitrogens with two attached hydrogens (primary N) is 1. The summed E-state index contributed by atoms with van der Waals surface area (Å²) in [6.45, 7) is 4.39. The quantitative estimate of drug-likeness (QED) is 0.826. The molecule has 0 atom stereocenters. The van der Waals surface area contributed by atoms with Crippen LogP contribution >= 0.6 is 0 Å². The molecular formula is C15H20N4O2. The van der Waals surface area contributed by atoms with Crippen molar-refractivity contribution in [1.29, 1.82) is 0 Å². The third kappa shape index (κ3) is 3.81. The maximum atomic E-state index is 11.8. The van der Waals surface area contributed by atoms with Crippen LogP contribution in [0, 0.1) is 0 Å². The molecule has 21 heavy (non-hydrogen) atoms. The van der Waals surface area contributed by atoms with Gasteiger partial charge in [0, 0.05) is 6.20 Å². The molecule has 2 rings (SSSR count). The lowest BCUT2D eigenvalue weighted by Gasteiger charge is -2.12. The maximum Gasteiger partial charge on any atom is 0.357 e. The lowest BCUT2D eigenvalue weighted by Crippen LogP contribution is -2.10. The molecule has 0 fully saturated rings. The first-order chi connectivity index (χ1) is 10.1. The number of aromatic nitrogens is 3. The first-order valence-corrected chi connectivity index (χ1v) is 7.06. The van der Waals surface area contributed by atoms with Gasteiger partial charge in [0.15, 0.2) is 0 Å². The smallest absolute Gasteiger partial charge is 0.357 e. The molecule has 2 aromatic rings. The van der Waals surface area contributed by atoms with Crippen LogP contribution in [0.3, 0.4) is 0 Å². The van der Waals surface area contributed by atoms with Crippen molar-refractivity contribution < 1.29 is 9.53 Å². The molecule has 6 nitrogen and oxygen atoms in total. The summed E-state index contributed by atoms with van der Waals surface area (Å²) in [4.78, 5) is 15.7. The molecule has 0 radical (unpaired) electrons. The first-order valence-electron chi connectivity index (χ1n) is 7.06. The Labute approximate surface area is 123 Å². The molecule has 0 bridgehead atoms. The number of esters is 1. The molecule has 2 heterocycles. The summed E-state index contributed by atoms with van der Waals surface area (Å²) in [6.07, 6.45) is 5.39. The maximum absolute atomic E-state index is 11.8. The summed E-state index contributed by atoms with van der Waals surface area (Å²) in [6, 6.07) is 5.40. The van der Waals surface area contributed by atoms with Crippen LogP contribution in [0.15, 0.2) is 30.6 Å². The topological polar surface area (TPSA) is 83.0 Å². The predicted molar refractivity (Wildman–Crippen MR) is 79.6 cm³/mol. The normalized spacial score (nSPS) is 10.8. The SMILES string of the molecule is CCC(CC)n1ccc(COC(=O)c2ccc(N)cn2)n1. The van der Waals surface area contributed by atoms with E-state index in [0.29, 0.717) is 11.7 Å². The van der Waals surface area contributed by atoms with Crippen LogP contribution < -0.4 is 5.73 Å². The van der Waals surface area contributed by atoms with Gasteiger partial charge in [-0.2, -0.15) is 5.10 Å². The van der Waals surface area contributed by atoms with Gasteiger partial charge in [0.05, 0.1) is 23.6 Å². The third-order valence-corrected chi connectivity index (χ3v) is 3.33. The molecule has 0 unspecified atom stereocenters. The molecule has 2 aromatic heterocycles. The van der Waals surface area contributed by atoms with Crippen LogP contribution in [-0.4, -0.2) is 20.7 Å². The monoisotopic (exact) mass is 288 g/mol. The summed E-state index contributed by atoms with van der Waals surface area (Å²) in [7, 11) is 0. The average molecular weight is 288 g/mol. The summed E-state index contributed by atoms with van der Waals surface area (Å²) >= 11 is 0. The highest BCUT2D eigenvalue weighted by atomic mass is 16.5. The summed E-state index contributed by atoms with van der Waals surface area (Å²) in [5.74, 6) is -0.480. The fourth-order valence-corrected chi connectivity index (χ4v) is 2.06. The number of nitrogen functional groups attached to an aromatic ring is 1. The van der Waals surface area contributed by atoms with Crippen molar-refractivity contribution in [3.05, 3.63) is 42.0 Å². The van der Waals surface area contributed by atoms with Gasteiger partial charge >= 0.3 is 5.97 Å². The number of carbonyl (C=O) groups excluding carboxylic acids is 1. The lowest BCUT2D eigenvalue weighted by molar-refractivity contribution is 0.0460. The van der Waals surface area contributed by atoms with Crippen molar-refractivity contribution in [1.82, 2.24) is 14.8 Å². The minimum atomic E-state index is -0.480. The van der Waals surface area contributed by atoms with Crippen LogP contribution in [0.25, 0.3) is 0 Å². The van der Waals surface area contributed by atoms with E-state index in [1.54, 1.807) is 12.1 Å². The highest BCUT2D eigenvalue weighted by molar-refractivity contribution is 5.87. The molecule has 0 aliphatic heterocycles. The number of pyridine rings is 1. The van der Waals surface area contributed by atoms with Crippen molar-refractivity contribution in [2.75, 3.05) is 5.73 Å². The van der Waals surface area contributed by atoms with Crippen LogP contribution in [0.1, 0.15) is 48.9 Å². The Morgan fingerprint density at radius 3 is 2.71 bits per heavy atom. The molecule has 0 aromatic carbocycles. The zero-order valence-corrected chi connectivity index (χ0v) is 12.3.